The average Bonchev–Trinajstić information content (AvgIpc) is 3.29. The van der Waals surface area contributed by atoms with Crippen molar-refractivity contribution in [1.29, 1.82) is 0 Å². The number of piperidine rings is 1. The first-order valence-corrected chi connectivity index (χ1v) is 8.50. The SMILES string of the molecule is CC(C)(C)CC(CO)NC(=O)C1CCCN(C(=O)C2CC2)C1. The summed E-state index contributed by atoms with van der Waals surface area (Å²) >= 11 is 0. The van der Waals surface area contributed by atoms with Gasteiger partial charge in [-0.05, 0) is 37.5 Å². The Balaban J connectivity index is 1.86. The molecule has 2 amide bonds. The summed E-state index contributed by atoms with van der Waals surface area (Å²) in [7, 11) is 0. The van der Waals surface area contributed by atoms with Crippen LogP contribution in [0.25, 0.3) is 0 Å². The van der Waals surface area contributed by atoms with E-state index < -0.39 is 0 Å². The first-order chi connectivity index (χ1) is 10.3. The highest BCUT2D eigenvalue weighted by Gasteiger charge is 2.37. The lowest BCUT2D eigenvalue weighted by Crippen LogP contribution is -2.49. The number of nitrogens with zero attached hydrogens (tertiary/aromatic N) is 1. The van der Waals surface area contributed by atoms with Crippen LogP contribution in [-0.2, 0) is 9.59 Å². The van der Waals surface area contributed by atoms with Gasteiger partial charge in [-0.3, -0.25) is 9.59 Å². The summed E-state index contributed by atoms with van der Waals surface area (Å²) in [5.74, 6) is 0.292. The zero-order chi connectivity index (χ0) is 16.3. The van der Waals surface area contributed by atoms with Crippen molar-refractivity contribution in [1.82, 2.24) is 10.2 Å². The first kappa shape index (κ1) is 17.3. The number of amides is 2. The Bertz CT molecular complexity index is 413. The number of nitrogens with one attached hydrogen (secondary N) is 1. The maximum Gasteiger partial charge on any atom is 0.225 e. The van der Waals surface area contributed by atoms with Crippen molar-refractivity contribution < 1.29 is 14.7 Å². The smallest absolute Gasteiger partial charge is 0.225 e. The third-order valence-corrected chi connectivity index (χ3v) is 4.46. The van der Waals surface area contributed by atoms with Gasteiger partial charge in [-0.25, -0.2) is 0 Å². The zero-order valence-corrected chi connectivity index (χ0v) is 14.1. The highest BCUT2D eigenvalue weighted by molar-refractivity contribution is 5.83. The molecule has 2 unspecified atom stereocenters. The van der Waals surface area contributed by atoms with Gasteiger partial charge in [-0.2, -0.15) is 0 Å². The number of carbonyl (C=O) groups excluding carboxylic acids is 2. The molecule has 1 aliphatic heterocycles. The fraction of sp³-hybridized carbons (Fsp3) is 0.882. The summed E-state index contributed by atoms with van der Waals surface area (Å²) in [6, 6.07) is -0.206. The molecule has 1 heterocycles. The monoisotopic (exact) mass is 310 g/mol. The molecule has 1 aliphatic carbocycles. The van der Waals surface area contributed by atoms with Crippen molar-refractivity contribution in [2.45, 2.75) is 58.9 Å². The maximum absolute atomic E-state index is 12.4. The van der Waals surface area contributed by atoms with Crippen molar-refractivity contribution in [2.75, 3.05) is 19.7 Å². The second-order valence-electron chi connectivity index (χ2n) is 8.05. The van der Waals surface area contributed by atoms with E-state index >= 15 is 0 Å². The molecule has 0 aromatic heterocycles. The van der Waals surface area contributed by atoms with Gasteiger partial charge >= 0.3 is 0 Å². The van der Waals surface area contributed by atoms with Crippen LogP contribution in [0.4, 0.5) is 0 Å². The number of rotatable bonds is 5. The quantitative estimate of drug-likeness (QED) is 0.809. The van der Waals surface area contributed by atoms with Crippen LogP contribution in [0.1, 0.15) is 52.9 Å². The zero-order valence-electron chi connectivity index (χ0n) is 14.1. The van der Waals surface area contributed by atoms with Crippen molar-refractivity contribution in [3.8, 4) is 0 Å². The molecule has 0 aromatic carbocycles. The third kappa shape index (κ3) is 4.97. The first-order valence-electron chi connectivity index (χ1n) is 8.50. The Morgan fingerprint density at radius 2 is 1.91 bits per heavy atom. The lowest BCUT2D eigenvalue weighted by molar-refractivity contribution is -0.137. The third-order valence-electron chi connectivity index (χ3n) is 4.46. The number of hydrogen-bond acceptors (Lipinski definition) is 3. The van der Waals surface area contributed by atoms with Gasteiger partial charge in [-0.15, -0.1) is 0 Å². The van der Waals surface area contributed by atoms with Gasteiger partial charge in [0.1, 0.15) is 0 Å². The van der Waals surface area contributed by atoms with Gasteiger partial charge in [0.15, 0.2) is 0 Å². The second kappa shape index (κ2) is 6.99. The molecule has 2 fully saturated rings. The molecule has 2 atom stereocenters. The number of hydrogen-bond donors (Lipinski definition) is 2. The van der Waals surface area contributed by atoms with Crippen LogP contribution in [0.3, 0.4) is 0 Å². The van der Waals surface area contributed by atoms with Crippen molar-refractivity contribution in [3.63, 3.8) is 0 Å². The number of carbonyl (C=O) groups is 2. The number of aliphatic hydroxyl groups excluding tert-OH is 1. The van der Waals surface area contributed by atoms with Crippen LogP contribution in [0, 0.1) is 17.3 Å². The fourth-order valence-corrected chi connectivity index (χ4v) is 3.20. The van der Waals surface area contributed by atoms with Crippen molar-refractivity contribution >= 4 is 11.8 Å². The van der Waals surface area contributed by atoms with E-state index in [9.17, 15) is 14.7 Å². The fourth-order valence-electron chi connectivity index (χ4n) is 3.20. The molecule has 1 saturated carbocycles. The normalized spacial score (nSPS) is 24.0. The summed E-state index contributed by atoms with van der Waals surface area (Å²) in [6.45, 7) is 7.56. The minimum absolute atomic E-state index is 0.0170. The van der Waals surface area contributed by atoms with Crippen LogP contribution >= 0.6 is 0 Å². The van der Waals surface area contributed by atoms with Crippen molar-refractivity contribution in [3.05, 3.63) is 0 Å². The molecule has 0 bridgehead atoms. The van der Waals surface area contributed by atoms with Gasteiger partial charge in [0.2, 0.25) is 11.8 Å². The molecule has 5 heteroatoms. The van der Waals surface area contributed by atoms with Gasteiger partial charge in [0, 0.05) is 19.0 Å². The summed E-state index contributed by atoms with van der Waals surface area (Å²) < 4.78 is 0. The molecule has 0 aromatic rings. The van der Waals surface area contributed by atoms with E-state index in [2.05, 4.69) is 26.1 Å². The highest BCUT2D eigenvalue weighted by atomic mass is 16.3. The summed E-state index contributed by atoms with van der Waals surface area (Å²) in [5, 5.41) is 12.4. The van der Waals surface area contributed by atoms with E-state index in [4.69, 9.17) is 0 Å². The van der Waals surface area contributed by atoms with Gasteiger partial charge in [0.05, 0.1) is 18.6 Å². The van der Waals surface area contributed by atoms with E-state index in [-0.39, 0.29) is 41.7 Å². The van der Waals surface area contributed by atoms with Crippen LogP contribution < -0.4 is 5.32 Å². The van der Waals surface area contributed by atoms with Crippen LogP contribution in [0.15, 0.2) is 0 Å². The topological polar surface area (TPSA) is 69.6 Å². The molecule has 2 N–H and O–H groups in total. The number of likely N-dealkylation sites (tertiary alicyclic amines) is 1. The van der Waals surface area contributed by atoms with Crippen molar-refractivity contribution in [2.24, 2.45) is 17.3 Å². The van der Waals surface area contributed by atoms with Crippen LogP contribution in [0.5, 0.6) is 0 Å². The van der Waals surface area contributed by atoms with Crippen LogP contribution in [0.2, 0.25) is 0 Å². The summed E-state index contributed by atoms with van der Waals surface area (Å²) in [6.07, 6.45) is 4.47. The molecule has 126 valence electrons. The Labute approximate surface area is 133 Å². The number of aliphatic hydroxyl groups is 1. The predicted octanol–water partition coefficient (Wildman–Crippen LogP) is 1.55. The lowest BCUT2D eigenvalue weighted by Gasteiger charge is -2.33. The molecule has 22 heavy (non-hydrogen) atoms. The highest BCUT2D eigenvalue weighted by Crippen LogP contribution is 2.32. The van der Waals surface area contributed by atoms with E-state index in [0.29, 0.717) is 6.54 Å². The average molecular weight is 310 g/mol. The van der Waals surface area contributed by atoms with Gasteiger partial charge in [0.25, 0.3) is 0 Å². The van der Waals surface area contributed by atoms with E-state index in [1.165, 1.54) is 0 Å². The second-order valence-corrected chi connectivity index (χ2v) is 8.05. The minimum atomic E-state index is -0.206. The molecular weight excluding hydrogens is 280 g/mol. The molecule has 2 aliphatic rings. The summed E-state index contributed by atoms with van der Waals surface area (Å²) in [4.78, 5) is 26.5. The maximum atomic E-state index is 12.4. The standard InChI is InChI=1S/C17H30N2O3/c1-17(2,3)9-14(11-20)18-15(21)13-5-4-8-19(10-13)16(22)12-6-7-12/h12-14,20H,4-11H2,1-3H3,(H,18,21). The largest absolute Gasteiger partial charge is 0.394 e. The van der Waals surface area contributed by atoms with E-state index in [0.717, 1.165) is 38.6 Å². The Morgan fingerprint density at radius 1 is 1.23 bits per heavy atom. The summed E-state index contributed by atoms with van der Waals surface area (Å²) in [5.41, 5.74) is 0.0568. The lowest BCUT2D eigenvalue weighted by atomic mass is 9.88. The van der Waals surface area contributed by atoms with Crippen LogP contribution in [-0.4, -0.2) is 47.6 Å². The van der Waals surface area contributed by atoms with E-state index in [1.807, 2.05) is 4.90 Å². The van der Waals surface area contributed by atoms with Gasteiger partial charge in [-0.1, -0.05) is 20.8 Å². The molecule has 1 saturated heterocycles. The molecular formula is C17H30N2O3. The Morgan fingerprint density at radius 3 is 2.45 bits per heavy atom. The Hall–Kier alpha value is -1.10. The molecule has 2 rings (SSSR count). The van der Waals surface area contributed by atoms with E-state index in [1.54, 1.807) is 0 Å². The Kier molecular flexibility index (Phi) is 5.48. The van der Waals surface area contributed by atoms with Gasteiger partial charge < -0.3 is 15.3 Å². The molecule has 0 spiro atoms. The molecule has 5 nitrogen and oxygen atoms in total. The predicted molar refractivity (Wildman–Crippen MR) is 85.1 cm³/mol. The molecule has 0 radical (unpaired) electrons. The minimum Gasteiger partial charge on any atom is -0.394 e.